The van der Waals surface area contributed by atoms with Crippen molar-refractivity contribution in [3.05, 3.63) is 4.91 Å². The number of nitrogens with zero attached hydrogens (tertiary/aromatic N) is 1. The lowest BCUT2D eigenvalue weighted by molar-refractivity contribution is -0.149. The molecule has 0 aromatic carbocycles. The molecule has 100 valence electrons. The monoisotopic (exact) mass is 243 g/mol. The third-order valence-electron chi connectivity index (χ3n) is 2.70. The Labute approximate surface area is 104 Å². The molecule has 0 bridgehead atoms. The van der Waals surface area contributed by atoms with E-state index in [2.05, 4.69) is 19.0 Å². The minimum absolute atomic E-state index is 0.0213. The zero-order chi connectivity index (χ0) is 12.9. The molecule has 4 heteroatoms. The van der Waals surface area contributed by atoms with E-state index in [0.29, 0.717) is 0 Å². The molecule has 0 aromatic heterocycles. The zero-order valence-electron chi connectivity index (χ0n) is 11.1. The van der Waals surface area contributed by atoms with E-state index >= 15 is 0 Å². The smallest absolute Gasteiger partial charge is 0.308 e. The minimum Gasteiger partial charge on any atom is -0.462 e. The number of nitroso groups, excluding NO2 is 1. The van der Waals surface area contributed by atoms with Crippen LogP contribution in [0, 0.1) is 4.91 Å². The number of carbonyl (C=O) groups excluding carboxylic acids is 1. The molecule has 0 heterocycles. The van der Waals surface area contributed by atoms with Crippen LogP contribution in [-0.4, -0.2) is 18.6 Å². The Bertz CT molecular complexity index is 207. The van der Waals surface area contributed by atoms with Crippen LogP contribution in [0.1, 0.15) is 65.2 Å². The fourth-order valence-electron chi connectivity index (χ4n) is 1.76. The predicted molar refractivity (Wildman–Crippen MR) is 68.8 cm³/mol. The van der Waals surface area contributed by atoms with E-state index in [4.69, 9.17) is 4.74 Å². The van der Waals surface area contributed by atoms with E-state index in [1.165, 1.54) is 19.3 Å². The molecule has 0 aliphatic carbocycles. The molecule has 0 fully saturated rings. The summed E-state index contributed by atoms with van der Waals surface area (Å²) in [6.45, 7) is 4.28. The molecule has 0 saturated carbocycles. The van der Waals surface area contributed by atoms with Crippen LogP contribution in [0.2, 0.25) is 0 Å². The number of rotatable bonds is 11. The van der Waals surface area contributed by atoms with Crippen LogP contribution < -0.4 is 0 Å². The molecule has 0 amide bonds. The Hall–Kier alpha value is -0.930. The zero-order valence-corrected chi connectivity index (χ0v) is 11.1. The van der Waals surface area contributed by atoms with Gasteiger partial charge in [-0.25, -0.2) is 0 Å². The molecule has 0 saturated heterocycles. The second-order valence-corrected chi connectivity index (χ2v) is 4.35. The summed E-state index contributed by atoms with van der Waals surface area (Å²) in [4.78, 5) is 21.3. The Balaban J connectivity index is 3.79. The van der Waals surface area contributed by atoms with E-state index in [1.807, 2.05) is 0 Å². The van der Waals surface area contributed by atoms with Crippen molar-refractivity contribution in [3.63, 3.8) is 0 Å². The Kier molecular flexibility index (Phi) is 10.9. The van der Waals surface area contributed by atoms with Crippen molar-refractivity contribution in [3.8, 4) is 0 Å². The summed E-state index contributed by atoms with van der Waals surface area (Å²) in [5, 5.41) is 2.66. The summed E-state index contributed by atoms with van der Waals surface area (Å²) >= 11 is 0. The van der Waals surface area contributed by atoms with E-state index in [1.54, 1.807) is 0 Å². The molecule has 4 nitrogen and oxygen atoms in total. The van der Waals surface area contributed by atoms with Crippen LogP contribution in [0.3, 0.4) is 0 Å². The summed E-state index contributed by atoms with van der Waals surface area (Å²) in [7, 11) is 0. The molecule has 0 aliphatic rings. The molecule has 0 aliphatic heterocycles. The molecular formula is C13H25NO3. The van der Waals surface area contributed by atoms with Gasteiger partial charge in [-0.15, -0.1) is 0 Å². The van der Waals surface area contributed by atoms with Gasteiger partial charge in [-0.3, -0.25) is 4.79 Å². The number of carbonyl (C=O) groups is 1. The maximum atomic E-state index is 11.4. The highest BCUT2D eigenvalue weighted by Gasteiger charge is 2.13. The van der Waals surface area contributed by atoms with Gasteiger partial charge in [0.2, 0.25) is 0 Å². The summed E-state index contributed by atoms with van der Waals surface area (Å²) in [6, 6.07) is 0. The minimum atomic E-state index is -0.293. The van der Waals surface area contributed by atoms with Crippen LogP contribution in [0.5, 0.6) is 0 Å². The standard InChI is InChI=1S/C13H25NO3/c1-3-5-6-7-9-12(8-4-2)17-13(15)10-11-14-16/h12H,3-11H2,1-2H3. The Morgan fingerprint density at radius 3 is 2.47 bits per heavy atom. The van der Waals surface area contributed by atoms with Gasteiger partial charge in [0.05, 0.1) is 13.0 Å². The normalized spacial score (nSPS) is 12.1. The number of hydrogen-bond acceptors (Lipinski definition) is 4. The Morgan fingerprint density at radius 2 is 1.88 bits per heavy atom. The largest absolute Gasteiger partial charge is 0.462 e. The molecule has 1 atom stereocenters. The highest BCUT2D eigenvalue weighted by Crippen LogP contribution is 2.13. The SMILES string of the molecule is CCCCCCC(CCC)OC(=O)CCN=O. The van der Waals surface area contributed by atoms with Gasteiger partial charge in [0.15, 0.2) is 0 Å². The number of ether oxygens (including phenoxy) is 1. The summed E-state index contributed by atoms with van der Waals surface area (Å²) < 4.78 is 5.34. The quantitative estimate of drug-likeness (QED) is 0.315. The van der Waals surface area contributed by atoms with E-state index in [-0.39, 0.29) is 25.0 Å². The highest BCUT2D eigenvalue weighted by atomic mass is 16.5. The number of unbranched alkanes of at least 4 members (excludes halogenated alkanes) is 3. The first-order valence-corrected chi connectivity index (χ1v) is 6.73. The average Bonchev–Trinajstić information content (AvgIpc) is 2.32. The van der Waals surface area contributed by atoms with Gasteiger partial charge < -0.3 is 4.74 Å². The number of esters is 1. The third-order valence-corrected chi connectivity index (χ3v) is 2.70. The molecule has 0 N–H and O–H groups in total. The molecule has 0 rings (SSSR count). The fourth-order valence-corrected chi connectivity index (χ4v) is 1.76. The predicted octanol–water partition coefficient (Wildman–Crippen LogP) is 3.83. The van der Waals surface area contributed by atoms with Crippen molar-refractivity contribution >= 4 is 5.97 Å². The lowest BCUT2D eigenvalue weighted by atomic mass is 10.1. The fraction of sp³-hybridized carbons (Fsp3) is 0.923. The van der Waals surface area contributed by atoms with Gasteiger partial charge in [0, 0.05) is 0 Å². The van der Waals surface area contributed by atoms with Crippen LogP contribution in [-0.2, 0) is 9.53 Å². The summed E-state index contributed by atoms with van der Waals surface area (Å²) in [5.41, 5.74) is 0. The summed E-state index contributed by atoms with van der Waals surface area (Å²) in [5.74, 6) is -0.293. The van der Waals surface area contributed by atoms with E-state index in [0.717, 1.165) is 25.7 Å². The lowest BCUT2D eigenvalue weighted by Crippen LogP contribution is -2.18. The molecule has 0 spiro atoms. The first kappa shape index (κ1) is 16.1. The van der Waals surface area contributed by atoms with E-state index < -0.39 is 0 Å². The molecular weight excluding hydrogens is 218 g/mol. The van der Waals surface area contributed by atoms with Gasteiger partial charge >= 0.3 is 5.97 Å². The van der Waals surface area contributed by atoms with Crippen LogP contribution in [0.15, 0.2) is 5.18 Å². The van der Waals surface area contributed by atoms with Crippen molar-refractivity contribution in [1.29, 1.82) is 0 Å². The summed E-state index contributed by atoms with van der Waals surface area (Å²) in [6.07, 6.45) is 7.75. The van der Waals surface area contributed by atoms with Crippen molar-refractivity contribution in [1.82, 2.24) is 0 Å². The van der Waals surface area contributed by atoms with Crippen LogP contribution in [0.4, 0.5) is 0 Å². The van der Waals surface area contributed by atoms with Crippen LogP contribution in [0.25, 0.3) is 0 Å². The molecule has 0 aromatic rings. The Morgan fingerprint density at radius 1 is 1.12 bits per heavy atom. The topological polar surface area (TPSA) is 55.7 Å². The first-order chi connectivity index (χ1) is 8.24. The second-order valence-electron chi connectivity index (χ2n) is 4.35. The third kappa shape index (κ3) is 9.97. The van der Waals surface area contributed by atoms with Crippen molar-refractivity contribution in [2.24, 2.45) is 5.18 Å². The van der Waals surface area contributed by atoms with Gasteiger partial charge in [-0.2, -0.15) is 4.91 Å². The maximum absolute atomic E-state index is 11.4. The van der Waals surface area contributed by atoms with Crippen molar-refractivity contribution in [2.45, 2.75) is 71.3 Å². The maximum Gasteiger partial charge on any atom is 0.308 e. The van der Waals surface area contributed by atoms with Gasteiger partial charge in [0.25, 0.3) is 0 Å². The van der Waals surface area contributed by atoms with Crippen LogP contribution >= 0.6 is 0 Å². The van der Waals surface area contributed by atoms with Crippen molar-refractivity contribution in [2.75, 3.05) is 6.54 Å². The molecule has 1 unspecified atom stereocenters. The number of hydrogen-bond donors (Lipinski definition) is 0. The van der Waals surface area contributed by atoms with Gasteiger partial charge in [0.1, 0.15) is 6.10 Å². The van der Waals surface area contributed by atoms with Crippen molar-refractivity contribution < 1.29 is 9.53 Å². The average molecular weight is 243 g/mol. The highest BCUT2D eigenvalue weighted by molar-refractivity contribution is 5.69. The van der Waals surface area contributed by atoms with E-state index in [9.17, 15) is 9.70 Å². The molecule has 17 heavy (non-hydrogen) atoms. The first-order valence-electron chi connectivity index (χ1n) is 6.73. The molecule has 0 radical (unpaired) electrons. The lowest BCUT2D eigenvalue weighted by Gasteiger charge is -2.16. The second kappa shape index (κ2) is 11.6. The van der Waals surface area contributed by atoms with Gasteiger partial charge in [-0.05, 0) is 19.3 Å². The van der Waals surface area contributed by atoms with Gasteiger partial charge in [-0.1, -0.05) is 44.7 Å².